The number of rotatable bonds is 5. The Balaban J connectivity index is 2.10. The lowest BCUT2D eigenvalue weighted by atomic mass is 10.1. The molecule has 2 nitrogen and oxygen atoms in total. The summed E-state index contributed by atoms with van der Waals surface area (Å²) in [4.78, 5) is 0. The Labute approximate surface area is 110 Å². The second kappa shape index (κ2) is 5.54. The molecule has 94 valence electrons. The third-order valence-electron chi connectivity index (χ3n) is 2.55. The molecule has 1 saturated carbocycles. The van der Waals surface area contributed by atoms with Gasteiger partial charge in [0.2, 0.25) is 0 Å². The molecule has 1 fully saturated rings. The van der Waals surface area contributed by atoms with E-state index in [9.17, 15) is 13.0 Å². The number of alkyl halides is 2. The SMILES string of the molecule is O=S(N[C@H](c1ccc(Br)cc1)C(F)F)C1CC1. The Morgan fingerprint density at radius 3 is 2.35 bits per heavy atom. The largest absolute Gasteiger partial charge is 0.258 e. The van der Waals surface area contributed by atoms with Crippen LogP contribution in [0.25, 0.3) is 0 Å². The monoisotopic (exact) mass is 323 g/mol. The Hall–Kier alpha value is -0.330. The van der Waals surface area contributed by atoms with E-state index in [1.54, 1.807) is 24.3 Å². The number of halogens is 3. The van der Waals surface area contributed by atoms with Gasteiger partial charge in [-0.2, -0.15) is 0 Å². The third-order valence-corrected chi connectivity index (χ3v) is 4.64. The first kappa shape index (κ1) is 13.1. The highest BCUT2D eigenvalue weighted by molar-refractivity contribution is 9.10. The Bertz CT molecular complexity index is 408. The zero-order chi connectivity index (χ0) is 12.4. The summed E-state index contributed by atoms with van der Waals surface area (Å²) in [6.45, 7) is 0. The van der Waals surface area contributed by atoms with Crippen molar-refractivity contribution in [1.82, 2.24) is 4.72 Å². The summed E-state index contributed by atoms with van der Waals surface area (Å²) in [6.07, 6.45) is -0.856. The molecule has 6 heteroatoms. The van der Waals surface area contributed by atoms with Gasteiger partial charge in [-0.25, -0.2) is 17.7 Å². The maximum atomic E-state index is 12.9. The summed E-state index contributed by atoms with van der Waals surface area (Å²) in [7, 11) is -1.36. The van der Waals surface area contributed by atoms with Crippen LogP contribution in [-0.2, 0) is 11.0 Å². The first-order chi connectivity index (χ1) is 8.08. The van der Waals surface area contributed by atoms with Gasteiger partial charge >= 0.3 is 0 Å². The number of hydrogen-bond acceptors (Lipinski definition) is 1. The van der Waals surface area contributed by atoms with Crippen molar-refractivity contribution in [2.75, 3.05) is 0 Å². The van der Waals surface area contributed by atoms with Crippen molar-refractivity contribution < 1.29 is 13.0 Å². The van der Waals surface area contributed by atoms with Gasteiger partial charge in [-0.05, 0) is 30.5 Å². The van der Waals surface area contributed by atoms with Crippen molar-refractivity contribution >= 4 is 26.9 Å². The molecular weight excluding hydrogens is 312 g/mol. The van der Waals surface area contributed by atoms with E-state index in [4.69, 9.17) is 0 Å². The lowest BCUT2D eigenvalue weighted by Gasteiger charge is -2.17. The van der Waals surface area contributed by atoms with Crippen LogP contribution in [0.2, 0.25) is 0 Å². The van der Waals surface area contributed by atoms with E-state index in [2.05, 4.69) is 20.7 Å². The quantitative estimate of drug-likeness (QED) is 0.886. The van der Waals surface area contributed by atoms with Crippen molar-refractivity contribution in [3.05, 3.63) is 34.3 Å². The molecule has 1 aromatic carbocycles. The van der Waals surface area contributed by atoms with E-state index in [-0.39, 0.29) is 5.25 Å². The van der Waals surface area contributed by atoms with Gasteiger partial charge in [0, 0.05) is 9.72 Å². The van der Waals surface area contributed by atoms with Crippen LogP contribution >= 0.6 is 15.9 Å². The molecule has 1 unspecified atom stereocenters. The van der Waals surface area contributed by atoms with Crippen LogP contribution < -0.4 is 4.72 Å². The van der Waals surface area contributed by atoms with Crippen LogP contribution in [0.5, 0.6) is 0 Å². The highest BCUT2D eigenvalue weighted by Crippen LogP contribution is 2.29. The summed E-state index contributed by atoms with van der Waals surface area (Å²) in [5, 5.41) is 0.0479. The predicted molar refractivity (Wildman–Crippen MR) is 67.2 cm³/mol. The number of nitrogens with one attached hydrogen (secondary N) is 1. The minimum atomic E-state index is -2.57. The first-order valence-corrected chi connectivity index (χ1v) is 7.29. The van der Waals surface area contributed by atoms with Gasteiger partial charge in [0.15, 0.2) is 0 Å². The summed E-state index contributed by atoms with van der Waals surface area (Å²) >= 11 is 3.25. The zero-order valence-corrected chi connectivity index (χ0v) is 11.3. The molecule has 0 heterocycles. The summed E-state index contributed by atoms with van der Waals surface area (Å²) in [5.74, 6) is 0. The van der Waals surface area contributed by atoms with Gasteiger partial charge in [-0.1, -0.05) is 28.1 Å². The van der Waals surface area contributed by atoms with Crippen LogP contribution in [0, 0.1) is 0 Å². The molecule has 1 aromatic rings. The van der Waals surface area contributed by atoms with Gasteiger partial charge in [-0.3, -0.25) is 0 Å². The summed E-state index contributed by atoms with van der Waals surface area (Å²) < 4.78 is 40.8. The fourth-order valence-corrected chi connectivity index (χ4v) is 2.95. The lowest BCUT2D eigenvalue weighted by molar-refractivity contribution is 0.110. The van der Waals surface area contributed by atoms with Crippen LogP contribution in [0.4, 0.5) is 8.78 Å². The van der Waals surface area contributed by atoms with E-state index in [1.165, 1.54) is 0 Å². The van der Waals surface area contributed by atoms with Crippen molar-refractivity contribution in [3.63, 3.8) is 0 Å². The molecule has 0 radical (unpaired) electrons. The molecule has 17 heavy (non-hydrogen) atoms. The lowest BCUT2D eigenvalue weighted by Crippen LogP contribution is -2.30. The van der Waals surface area contributed by atoms with E-state index in [1.807, 2.05) is 0 Å². The fraction of sp³-hybridized carbons (Fsp3) is 0.455. The number of benzene rings is 1. The van der Waals surface area contributed by atoms with Crippen LogP contribution in [0.3, 0.4) is 0 Å². The normalized spacial score (nSPS) is 19.3. The van der Waals surface area contributed by atoms with E-state index in [0.29, 0.717) is 5.56 Å². The Morgan fingerprint density at radius 2 is 1.88 bits per heavy atom. The fourth-order valence-electron chi connectivity index (χ4n) is 1.44. The van der Waals surface area contributed by atoms with Gasteiger partial charge in [0.1, 0.15) is 6.04 Å². The molecular formula is C11H12BrF2NOS. The summed E-state index contributed by atoms with van der Waals surface area (Å²) in [6, 6.07) is 5.46. The molecule has 0 aliphatic heterocycles. The minimum Gasteiger partial charge on any atom is -0.243 e. The molecule has 0 saturated heterocycles. The molecule has 0 bridgehead atoms. The topological polar surface area (TPSA) is 29.1 Å². The third kappa shape index (κ3) is 3.56. The minimum absolute atomic E-state index is 0.0479. The maximum absolute atomic E-state index is 12.9. The highest BCUT2D eigenvalue weighted by Gasteiger charge is 2.32. The van der Waals surface area contributed by atoms with Crippen LogP contribution in [0.1, 0.15) is 24.4 Å². The second-order valence-electron chi connectivity index (χ2n) is 3.98. The Morgan fingerprint density at radius 1 is 1.29 bits per heavy atom. The smallest absolute Gasteiger partial charge is 0.243 e. The van der Waals surface area contributed by atoms with Crippen LogP contribution in [-0.4, -0.2) is 15.9 Å². The van der Waals surface area contributed by atoms with Gasteiger partial charge in [0.25, 0.3) is 6.43 Å². The molecule has 0 spiro atoms. The summed E-state index contributed by atoms with van der Waals surface area (Å²) in [5.41, 5.74) is 0.456. The molecule has 1 aliphatic carbocycles. The highest BCUT2D eigenvalue weighted by atomic mass is 79.9. The van der Waals surface area contributed by atoms with Gasteiger partial charge in [-0.15, -0.1) is 0 Å². The predicted octanol–water partition coefficient (Wildman–Crippen LogP) is 3.17. The molecule has 2 atom stereocenters. The standard InChI is InChI=1S/C11H12BrF2NOS/c12-8-3-1-7(2-4-8)10(11(13)14)15-17(16)9-5-6-9/h1-4,9-11,15H,5-6H2/t10-,17?/m1/s1. The van der Waals surface area contributed by atoms with Crippen molar-refractivity contribution in [2.45, 2.75) is 30.6 Å². The average Bonchev–Trinajstić information content (AvgIpc) is 3.10. The molecule has 0 amide bonds. The van der Waals surface area contributed by atoms with Gasteiger partial charge < -0.3 is 0 Å². The molecule has 1 aliphatic rings. The van der Waals surface area contributed by atoms with Gasteiger partial charge in [0.05, 0.1) is 11.0 Å². The van der Waals surface area contributed by atoms with Crippen LogP contribution in [0.15, 0.2) is 28.7 Å². The molecule has 0 aromatic heterocycles. The van der Waals surface area contributed by atoms with E-state index < -0.39 is 23.5 Å². The van der Waals surface area contributed by atoms with E-state index in [0.717, 1.165) is 17.3 Å². The first-order valence-electron chi connectivity index (χ1n) is 5.28. The molecule has 1 N–H and O–H groups in total. The van der Waals surface area contributed by atoms with E-state index >= 15 is 0 Å². The van der Waals surface area contributed by atoms with Crippen molar-refractivity contribution in [2.24, 2.45) is 0 Å². The average molecular weight is 324 g/mol. The van der Waals surface area contributed by atoms with Crippen molar-refractivity contribution in [1.29, 1.82) is 0 Å². The Kier molecular flexibility index (Phi) is 4.27. The molecule has 2 rings (SSSR count). The van der Waals surface area contributed by atoms with Crippen molar-refractivity contribution in [3.8, 4) is 0 Å². The second-order valence-corrected chi connectivity index (χ2v) is 6.39. The number of hydrogen-bond donors (Lipinski definition) is 1. The zero-order valence-electron chi connectivity index (χ0n) is 8.91. The maximum Gasteiger partial charge on any atom is 0.258 e.